The number of hydrogen-bond acceptors (Lipinski definition) is 2. The van der Waals surface area contributed by atoms with Gasteiger partial charge in [0.05, 0.1) is 6.61 Å². The van der Waals surface area contributed by atoms with Crippen LogP contribution in [0.2, 0.25) is 0 Å². The molecule has 1 heterocycles. The second kappa shape index (κ2) is 2.82. The Morgan fingerprint density at radius 3 is 3.00 bits per heavy atom. The van der Waals surface area contributed by atoms with Gasteiger partial charge in [0.25, 0.3) is 0 Å². The molecular formula is C6H11NO2. The lowest BCUT2D eigenvalue weighted by molar-refractivity contribution is -0.494. The molecule has 1 aliphatic heterocycles. The molecule has 0 saturated carbocycles. The summed E-state index contributed by atoms with van der Waals surface area (Å²) in [5.41, 5.74) is 0. The molecule has 0 radical (unpaired) electrons. The van der Waals surface area contributed by atoms with Crippen LogP contribution < -0.4 is 0 Å². The lowest BCUT2D eigenvalue weighted by Crippen LogP contribution is -2.21. The van der Waals surface area contributed by atoms with Crippen molar-refractivity contribution < 1.29 is 9.48 Å². The minimum absolute atomic E-state index is 0.0787. The minimum atomic E-state index is 0.0787. The van der Waals surface area contributed by atoms with Crippen LogP contribution in [-0.2, 0) is 4.74 Å². The van der Waals surface area contributed by atoms with E-state index in [0.29, 0.717) is 6.61 Å². The summed E-state index contributed by atoms with van der Waals surface area (Å²) in [5.74, 6) is 0. The van der Waals surface area contributed by atoms with Crippen LogP contribution in [0.5, 0.6) is 0 Å². The summed E-state index contributed by atoms with van der Waals surface area (Å²) in [5, 5.41) is 10.8. The molecule has 0 aromatic carbocycles. The minimum Gasteiger partial charge on any atom is -0.624 e. The highest BCUT2D eigenvalue weighted by Gasteiger charge is 2.21. The second-order valence-corrected chi connectivity index (χ2v) is 2.14. The van der Waals surface area contributed by atoms with Crippen LogP contribution in [0.3, 0.4) is 0 Å². The fraction of sp³-hybridized carbons (Fsp3) is 0.833. The summed E-state index contributed by atoms with van der Waals surface area (Å²) in [7, 11) is 0. The highest BCUT2D eigenvalue weighted by molar-refractivity contribution is 5.46. The predicted molar refractivity (Wildman–Crippen MR) is 34.6 cm³/mol. The van der Waals surface area contributed by atoms with Gasteiger partial charge in [-0.25, -0.2) is 4.74 Å². The molecule has 0 amide bonds. The third-order valence-corrected chi connectivity index (χ3v) is 1.52. The third kappa shape index (κ3) is 1.42. The monoisotopic (exact) mass is 129 g/mol. The molecule has 0 aliphatic carbocycles. The van der Waals surface area contributed by atoms with Crippen molar-refractivity contribution in [3.8, 4) is 0 Å². The summed E-state index contributed by atoms with van der Waals surface area (Å²) in [6.07, 6.45) is 2.41. The second-order valence-electron chi connectivity index (χ2n) is 2.14. The molecule has 3 heteroatoms. The molecule has 3 nitrogen and oxygen atoms in total. The van der Waals surface area contributed by atoms with E-state index < -0.39 is 0 Å². The van der Waals surface area contributed by atoms with E-state index in [0.717, 1.165) is 17.8 Å². The number of hydroxylamine groups is 1. The Labute approximate surface area is 54.5 Å². The first-order chi connectivity index (χ1) is 4.34. The number of hydrogen-bond donors (Lipinski definition) is 0. The number of nitrogens with zero attached hydrogens (tertiary/aromatic N) is 1. The van der Waals surface area contributed by atoms with Gasteiger partial charge in [-0.1, -0.05) is 0 Å². The predicted octanol–water partition coefficient (Wildman–Crippen LogP) is 0.376. The van der Waals surface area contributed by atoms with Gasteiger partial charge < -0.3 is 9.94 Å². The van der Waals surface area contributed by atoms with Crippen molar-refractivity contribution in [1.82, 2.24) is 0 Å². The molecule has 1 saturated heterocycles. The molecule has 0 spiro atoms. The van der Waals surface area contributed by atoms with Gasteiger partial charge in [0.15, 0.2) is 6.04 Å². The fourth-order valence-electron chi connectivity index (χ4n) is 0.934. The van der Waals surface area contributed by atoms with E-state index in [1.165, 1.54) is 0 Å². The maximum absolute atomic E-state index is 10.8. The summed E-state index contributed by atoms with van der Waals surface area (Å²) < 4.78 is 5.98. The van der Waals surface area contributed by atoms with E-state index in [1.807, 2.05) is 0 Å². The summed E-state index contributed by atoms with van der Waals surface area (Å²) in [6.45, 7) is 3.07. The largest absolute Gasteiger partial charge is 0.624 e. The van der Waals surface area contributed by atoms with E-state index in [1.54, 1.807) is 13.1 Å². The highest BCUT2D eigenvalue weighted by Crippen LogP contribution is 2.05. The van der Waals surface area contributed by atoms with Crippen LogP contribution in [0, 0.1) is 5.21 Å². The summed E-state index contributed by atoms with van der Waals surface area (Å²) >= 11 is 0. The SMILES string of the molecule is C/C=[N+](\[O-])C1CCOC1. The molecule has 9 heavy (non-hydrogen) atoms. The Morgan fingerprint density at radius 1 is 1.78 bits per heavy atom. The van der Waals surface area contributed by atoms with Gasteiger partial charge in [-0.15, -0.1) is 0 Å². The zero-order chi connectivity index (χ0) is 6.69. The molecule has 0 bridgehead atoms. The van der Waals surface area contributed by atoms with Crippen LogP contribution in [0.25, 0.3) is 0 Å². The molecule has 1 aliphatic rings. The van der Waals surface area contributed by atoms with Crippen LogP contribution in [0.1, 0.15) is 13.3 Å². The highest BCUT2D eigenvalue weighted by atomic mass is 16.5. The van der Waals surface area contributed by atoms with Crippen LogP contribution in [0.15, 0.2) is 0 Å². The van der Waals surface area contributed by atoms with Crippen LogP contribution in [-0.4, -0.2) is 30.2 Å². The summed E-state index contributed by atoms with van der Waals surface area (Å²) in [4.78, 5) is 0. The van der Waals surface area contributed by atoms with Crippen molar-refractivity contribution in [3.63, 3.8) is 0 Å². The van der Waals surface area contributed by atoms with E-state index in [4.69, 9.17) is 4.74 Å². The van der Waals surface area contributed by atoms with Gasteiger partial charge in [-0.2, -0.15) is 0 Å². The first-order valence-electron chi connectivity index (χ1n) is 3.17. The Bertz CT molecular complexity index is 116. The van der Waals surface area contributed by atoms with Gasteiger partial charge in [-0.3, -0.25) is 0 Å². The topological polar surface area (TPSA) is 35.3 Å². The van der Waals surface area contributed by atoms with Crippen molar-refractivity contribution in [1.29, 1.82) is 0 Å². The first-order valence-corrected chi connectivity index (χ1v) is 3.17. The molecule has 0 N–H and O–H groups in total. The number of ether oxygens (including phenoxy) is 1. The normalized spacial score (nSPS) is 29.0. The standard InChI is InChI=1S/C6H11NO2/c1-2-7(8)6-3-4-9-5-6/h2,6H,3-5H2,1H3/b7-2-. The average molecular weight is 129 g/mol. The maximum Gasteiger partial charge on any atom is 0.188 e. The molecule has 1 rings (SSSR count). The molecular weight excluding hydrogens is 118 g/mol. The van der Waals surface area contributed by atoms with Crippen LogP contribution in [0.4, 0.5) is 0 Å². The van der Waals surface area contributed by atoms with E-state index >= 15 is 0 Å². The molecule has 0 aromatic rings. The average Bonchev–Trinajstić information content (AvgIpc) is 2.37. The molecule has 1 unspecified atom stereocenters. The van der Waals surface area contributed by atoms with Crippen molar-refractivity contribution in [2.75, 3.05) is 13.2 Å². The lowest BCUT2D eigenvalue weighted by atomic mass is 10.3. The molecule has 52 valence electrons. The molecule has 1 fully saturated rings. The zero-order valence-electron chi connectivity index (χ0n) is 5.54. The Hall–Kier alpha value is -0.570. The Balaban J connectivity index is 2.42. The quantitative estimate of drug-likeness (QED) is 0.222. The maximum atomic E-state index is 10.8. The van der Waals surface area contributed by atoms with Crippen molar-refractivity contribution in [2.45, 2.75) is 19.4 Å². The lowest BCUT2D eigenvalue weighted by Gasteiger charge is -2.07. The molecule has 1 atom stereocenters. The van der Waals surface area contributed by atoms with Gasteiger partial charge in [-0.05, 0) is 0 Å². The van der Waals surface area contributed by atoms with Crippen LogP contribution >= 0.6 is 0 Å². The van der Waals surface area contributed by atoms with Crippen molar-refractivity contribution in [3.05, 3.63) is 5.21 Å². The summed E-state index contributed by atoms with van der Waals surface area (Å²) in [6, 6.07) is 0.0787. The van der Waals surface area contributed by atoms with E-state index in [9.17, 15) is 5.21 Å². The smallest absolute Gasteiger partial charge is 0.188 e. The Kier molecular flexibility index (Phi) is 2.05. The van der Waals surface area contributed by atoms with Gasteiger partial charge >= 0.3 is 0 Å². The number of rotatable bonds is 1. The Morgan fingerprint density at radius 2 is 2.56 bits per heavy atom. The third-order valence-electron chi connectivity index (χ3n) is 1.52. The first kappa shape index (κ1) is 6.55. The van der Waals surface area contributed by atoms with Crippen molar-refractivity contribution in [2.24, 2.45) is 0 Å². The van der Waals surface area contributed by atoms with Gasteiger partial charge in [0.1, 0.15) is 12.8 Å². The van der Waals surface area contributed by atoms with Crippen molar-refractivity contribution >= 4 is 6.21 Å². The fourth-order valence-corrected chi connectivity index (χ4v) is 0.934. The zero-order valence-corrected chi connectivity index (χ0v) is 5.54. The van der Waals surface area contributed by atoms with Gasteiger partial charge in [0, 0.05) is 13.3 Å². The van der Waals surface area contributed by atoms with E-state index in [2.05, 4.69) is 0 Å². The van der Waals surface area contributed by atoms with E-state index in [-0.39, 0.29) is 6.04 Å². The van der Waals surface area contributed by atoms with Gasteiger partial charge in [0.2, 0.25) is 0 Å². The molecule has 0 aromatic heterocycles.